The van der Waals surface area contributed by atoms with Crippen LogP contribution in [-0.4, -0.2) is 31.4 Å². The first-order valence-electron chi connectivity index (χ1n) is 10.5. The summed E-state index contributed by atoms with van der Waals surface area (Å²) in [4.78, 5) is 31.5. The number of nitrogens with zero attached hydrogens (tertiary/aromatic N) is 2. The van der Waals surface area contributed by atoms with Crippen LogP contribution >= 0.6 is 11.3 Å². The molecule has 0 saturated heterocycles. The van der Waals surface area contributed by atoms with Gasteiger partial charge in [-0.25, -0.2) is 14.2 Å². The third kappa shape index (κ3) is 4.26. The molecule has 9 heteroatoms. The molecule has 7 nitrogen and oxygen atoms in total. The number of rotatable bonds is 6. The predicted molar refractivity (Wildman–Crippen MR) is 126 cm³/mol. The van der Waals surface area contributed by atoms with E-state index in [9.17, 15) is 14.0 Å². The van der Waals surface area contributed by atoms with E-state index in [-0.39, 0.29) is 23.6 Å². The number of carbonyl (C=O) groups excluding carboxylic acids is 1. The standard InChI is InChI=1S/C25H23FN2O5S/c1-5-33-24(30)21-14(2)27-25-28(22(21)16-8-11-18(31-3)19(13-16)32-4)23(29)20(34-25)12-15-6-9-17(26)10-7-15/h6-13,22H,5H2,1-4H3/b20-12-. The first kappa shape index (κ1) is 23.4. The number of halogens is 1. The number of methoxy groups -OCH3 is 2. The molecule has 1 aromatic heterocycles. The van der Waals surface area contributed by atoms with Gasteiger partial charge in [-0.2, -0.15) is 0 Å². The Morgan fingerprint density at radius 1 is 1.15 bits per heavy atom. The highest BCUT2D eigenvalue weighted by Gasteiger charge is 2.33. The third-order valence-electron chi connectivity index (χ3n) is 5.41. The lowest BCUT2D eigenvalue weighted by atomic mass is 9.95. The maximum Gasteiger partial charge on any atom is 0.338 e. The number of fused-ring (bicyclic) bond motifs is 1. The van der Waals surface area contributed by atoms with Crippen molar-refractivity contribution in [2.24, 2.45) is 4.99 Å². The first-order chi connectivity index (χ1) is 16.4. The molecular weight excluding hydrogens is 459 g/mol. The highest BCUT2D eigenvalue weighted by Crippen LogP contribution is 2.36. The zero-order valence-electron chi connectivity index (χ0n) is 19.1. The van der Waals surface area contributed by atoms with Crippen molar-refractivity contribution in [2.45, 2.75) is 19.9 Å². The summed E-state index contributed by atoms with van der Waals surface area (Å²) in [5.41, 5.74) is 1.74. The molecule has 0 N–H and O–H groups in total. The molecule has 0 amide bonds. The maximum atomic E-state index is 13.6. The van der Waals surface area contributed by atoms with Crippen LogP contribution in [0.15, 0.2) is 63.5 Å². The zero-order chi connectivity index (χ0) is 24.4. The van der Waals surface area contributed by atoms with Gasteiger partial charge in [-0.05, 0) is 55.3 Å². The molecule has 1 unspecified atom stereocenters. The molecule has 0 saturated carbocycles. The second-order valence-electron chi connectivity index (χ2n) is 7.47. The maximum absolute atomic E-state index is 13.6. The Bertz CT molecular complexity index is 1450. The Balaban J connectivity index is 1.96. The minimum Gasteiger partial charge on any atom is -0.493 e. The smallest absolute Gasteiger partial charge is 0.338 e. The van der Waals surface area contributed by atoms with Crippen LogP contribution in [0.2, 0.25) is 0 Å². The van der Waals surface area contributed by atoms with Crippen LogP contribution in [0.5, 0.6) is 11.5 Å². The number of allylic oxidation sites excluding steroid dienone is 1. The van der Waals surface area contributed by atoms with E-state index in [4.69, 9.17) is 14.2 Å². The Labute approximate surface area is 199 Å². The Morgan fingerprint density at radius 2 is 1.85 bits per heavy atom. The van der Waals surface area contributed by atoms with Gasteiger partial charge in [0.1, 0.15) is 5.82 Å². The summed E-state index contributed by atoms with van der Waals surface area (Å²) in [5.74, 6) is 0.0813. The summed E-state index contributed by atoms with van der Waals surface area (Å²) in [6, 6.07) is 10.3. The molecule has 176 valence electrons. The van der Waals surface area contributed by atoms with Crippen molar-refractivity contribution in [3.05, 3.63) is 90.4 Å². The fourth-order valence-corrected chi connectivity index (χ4v) is 4.89. The quantitative estimate of drug-likeness (QED) is 0.505. The molecule has 0 aliphatic carbocycles. The summed E-state index contributed by atoms with van der Waals surface area (Å²) < 4.78 is 31.3. The largest absolute Gasteiger partial charge is 0.493 e. The van der Waals surface area contributed by atoms with Crippen LogP contribution in [0, 0.1) is 5.82 Å². The van der Waals surface area contributed by atoms with Gasteiger partial charge >= 0.3 is 5.97 Å². The van der Waals surface area contributed by atoms with E-state index in [1.54, 1.807) is 50.3 Å². The predicted octanol–water partition coefficient (Wildman–Crippen LogP) is 2.95. The van der Waals surface area contributed by atoms with Crippen LogP contribution in [0.25, 0.3) is 6.08 Å². The van der Waals surface area contributed by atoms with E-state index in [1.807, 2.05) is 0 Å². The van der Waals surface area contributed by atoms with Gasteiger partial charge in [0, 0.05) is 0 Å². The average molecular weight is 483 g/mol. The summed E-state index contributed by atoms with van der Waals surface area (Å²) in [5, 5.41) is 0. The topological polar surface area (TPSA) is 79.1 Å². The van der Waals surface area contributed by atoms with Crippen molar-refractivity contribution >= 4 is 23.4 Å². The molecule has 3 aromatic rings. The first-order valence-corrected chi connectivity index (χ1v) is 11.4. The fourth-order valence-electron chi connectivity index (χ4n) is 3.84. The third-order valence-corrected chi connectivity index (χ3v) is 6.39. The molecule has 1 atom stereocenters. The Hall–Kier alpha value is -3.72. The van der Waals surface area contributed by atoms with Crippen molar-refractivity contribution in [1.29, 1.82) is 0 Å². The van der Waals surface area contributed by atoms with Gasteiger partial charge in [-0.3, -0.25) is 9.36 Å². The number of ether oxygens (including phenoxy) is 3. The normalized spacial score (nSPS) is 15.6. The van der Waals surface area contributed by atoms with Crippen molar-refractivity contribution in [3.63, 3.8) is 0 Å². The minimum atomic E-state index is -0.773. The van der Waals surface area contributed by atoms with Gasteiger partial charge in [-0.1, -0.05) is 29.5 Å². The van der Waals surface area contributed by atoms with Gasteiger partial charge in [0.15, 0.2) is 16.3 Å². The number of esters is 1. The van der Waals surface area contributed by atoms with E-state index >= 15 is 0 Å². The molecule has 2 heterocycles. The second-order valence-corrected chi connectivity index (χ2v) is 8.48. The summed E-state index contributed by atoms with van der Waals surface area (Å²) in [7, 11) is 3.05. The van der Waals surface area contributed by atoms with Crippen LogP contribution in [-0.2, 0) is 9.53 Å². The highest BCUT2D eigenvalue weighted by atomic mass is 32.1. The molecule has 0 fully saturated rings. The molecule has 0 radical (unpaired) electrons. The van der Waals surface area contributed by atoms with E-state index in [0.29, 0.717) is 37.7 Å². The van der Waals surface area contributed by atoms with Crippen LogP contribution in [0.4, 0.5) is 4.39 Å². The number of carbonyl (C=O) groups is 1. The number of hydrogen-bond acceptors (Lipinski definition) is 7. The molecule has 34 heavy (non-hydrogen) atoms. The number of hydrogen-bond donors (Lipinski definition) is 0. The van der Waals surface area contributed by atoms with Crippen LogP contribution in [0.3, 0.4) is 0 Å². The zero-order valence-corrected chi connectivity index (χ0v) is 19.9. The highest BCUT2D eigenvalue weighted by molar-refractivity contribution is 7.07. The molecule has 2 aromatic carbocycles. The molecule has 1 aliphatic heterocycles. The Morgan fingerprint density at radius 3 is 2.50 bits per heavy atom. The minimum absolute atomic E-state index is 0.184. The van der Waals surface area contributed by atoms with E-state index in [2.05, 4.69) is 4.99 Å². The second kappa shape index (κ2) is 9.64. The lowest BCUT2D eigenvalue weighted by molar-refractivity contribution is -0.139. The van der Waals surface area contributed by atoms with Gasteiger partial charge in [0.2, 0.25) is 0 Å². The Kier molecular flexibility index (Phi) is 6.65. The number of benzene rings is 2. The summed E-state index contributed by atoms with van der Waals surface area (Å²) >= 11 is 1.20. The average Bonchev–Trinajstić information content (AvgIpc) is 3.13. The molecule has 1 aliphatic rings. The molecule has 4 rings (SSSR count). The monoisotopic (exact) mass is 482 g/mol. The molecule has 0 bridgehead atoms. The molecule has 0 spiro atoms. The van der Waals surface area contributed by atoms with Crippen molar-refractivity contribution in [1.82, 2.24) is 4.57 Å². The molecular formula is C25H23FN2O5S. The van der Waals surface area contributed by atoms with Crippen molar-refractivity contribution in [3.8, 4) is 11.5 Å². The fraction of sp³-hybridized carbons (Fsp3) is 0.240. The summed E-state index contributed by atoms with van der Waals surface area (Å²) in [6.45, 7) is 3.62. The number of thiazole rings is 1. The van der Waals surface area contributed by atoms with Gasteiger partial charge < -0.3 is 14.2 Å². The summed E-state index contributed by atoms with van der Waals surface area (Å²) in [6.07, 6.45) is 1.68. The lowest BCUT2D eigenvalue weighted by Crippen LogP contribution is -2.39. The van der Waals surface area contributed by atoms with Crippen LogP contribution in [0.1, 0.15) is 31.0 Å². The SMILES string of the molecule is CCOC(=O)C1=C(C)N=c2s/c(=C\c3ccc(F)cc3)c(=O)n2C1c1ccc(OC)c(OC)c1. The van der Waals surface area contributed by atoms with Crippen molar-refractivity contribution < 1.29 is 23.4 Å². The van der Waals surface area contributed by atoms with E-state index in [1.165, 1.54) is 42.3 Å². The van der Waals surface area contributed by atoms with Gasteiger partial charge in [0.25, 0.3) is 5.56 Å². The number of aromatic nitrogens is 1. The lowest BCUT2D eigenvalue weighted by Gasteiger charge is -2.25. The van der Waals surface area contributed by atoms with E-state index < -0.39 is 12.0 Å². The van der Waals surface area contributed by atoms with E-state index in [0.717, 1.165) is 0 Å². The van der Waals surface area contributed by atoms with Crippen LogP contribution < -0.4 is 24.4 Å². The van der Waals surface area contributed by atoms with Gasteiger partial charge in [-0.15, -0.1) is 0 Å². The van der Waals surface area contributed by atoms with Crippen molar-refractivity contribution in [2.75, 3.05) is 20.8 Å². The van der Waals surface area contributed by atoms with Gasteiger partial charge in [0.05, 0.1) is 42.7 Å².